The van der Waals surface area contributed by atoms with E-state index in [1.54, 1.807) is 12.1 Å². The number of carbonyl (C=O) groups excluding carboxylic acids is 3. The molecule has 4 rings (SSSR count). The molecule has 7 heteroatoms. The van der Waals surface area contributed by atoms with Crippen molar-refractivity contribution in [1.82, 2.24) is 10.2 Å². The van der Waals surface area contributed by atoms with Crippen LogP contribution >= 0.6 is 11.6 Å². The van der Waals surface area contributed by atoms with Crippen LogP contribution < -0.4 is 10.6 Å². The topological polar surface area (TPSA) is 78.5 Å². The summed E-state index contributed by atoms with van der Waals surface area (Å²) in [5, 5.41) is 6.68. The molecule has 144 valence electrons. The monoisotopic (exact) mass is 389 g/mol. The number of hydrogen-bond donors (Lipinski definition) is 2. The minimum Gasteiger partial charge on any atom is -0.323 e. The molecule has 1 spiro atoms. The predicted molar refractivity (Wildman–Crippen MR) is 102 cm³/mol. The molecule has 1 aromatic rings. The maximum absolute atomic E-state index is 13.4. The predicted octanol–water partition coefficient (Wildman–Crippen LogP) is 2.51. The number of rotatable bonds is 3. The third-order valence-corrected chi connectivity index (χ3v) is 6.73. The molecule has 3 heterocycles. The van der Waals surface area contributed by atoms with Gasteiger partial charge in [-0.15, -0.1) is 0 Å². The second-order valence-electron chi connectivity index (χ2n) is 8.15. The first-order valence-electron chi connectivity index (χ1n) is 9.50. The van der Waals surface area contributed by atoms with E-state index in [9.17, 15) is 14.4 Å². The van der Waals surface area contributed by atoms with Gasteiger partial charge in [0.15, 0.2) is 0 Å². The summed E-state index contributed by atoms with van der Waals surface area (Å²) in [6.45, 7) is 7.83. The van der Waals surface area contributed by atoms with Crippen molar-refractivity contribution in [2.24, 2.45) is 17.8 Å². The number of nitrogens with zero attached hydrogens (tertiary/aromatic N) is 1. The summed E-state index contributed by atoms with van der Waals surface area (Å²) in [5.41, 5.74) is -0.0678. The van der Waals surface area contributed by atoms with Crippen molar-refractivity contribution < 1.29 is 14.4 Å². The summed E-state index contributed by atoms with van der Waals surface area (Å²) < 4.78 is 0. The third-order valence-electron chi connectivity index (χ3n) is 6.42. The van der Waals surface area contributed by atoms with Crippen molar-refractivity contribution >= 4 is 35.0 Å². The Morgan fingerprint density at radius 3 is 2.52 bits per heavy atom. The van der Waals surface area contributed by atoms with Gasteiger partial charge in [-0.05, 0) is 25.3 Å². The van der Waals surface area contributed by atoms with Gasteiger partial charge in [-0.3, -0.25) is 24.6 Å². The summed E-state index contributed by atoms with van der Waals surface area (Å²) in [6.07, 6.45) is 0.679. The molecule has 0 aliphatic carbocycles. The summed E-state index contributed by atoms with van der Waals surface area (Å²) in [6, 6.07) is 4.84. The molecule has 0 saturated carbocycles. The summed E-state index contributed by atoms with van der Waals surface area (Å²) in [4.78, 5) is 41.2. The molecule has 3 amide bonds. The number of carbonyl (C=O) groups is 3. The van der Waals surface area contributed by atoms with E-state index in [0.29, 0.717) is 22.7 Å². The molecular weight excluding hydrogens is 366 g/mol. The number of para-hydroxylation sites is 1. The average Bonchev–Trinajstić information content (AvgIpc) is 3.21. The minimum absolute atomic E-state index is 0.0848. The van der Waals surface area contributed by atoms with Gasteiger partial charge in [0.05, 0.1) is 22.5 Å². The van der Waals surface area contributed by atoms with Crippen LogP contribution in [0.3, 0.4) is 0 Å². The fraction of sp³-hybridized carbons (Fsp3) is 0.550. The van der Waals surface area contributed by atoms with Crippen LogP contribution in [0.15, 0.2) is 18.2 Å². The lowest BCUT2D eigenvalue weighted by atomic mass is 9.76. The zero-order chi connectivity index (χ0) is 19.7. The largest absolute Gasteiger partial charge is 0.323 e. The Morgan fingerprint density at radius 2 is 1.89 bits per heavy atom. The van der Waals surface area contributed by atoms with Crippen LogP contribution in [0.25, 0.3) is 0 Å². The lowest BCUT2D eigenvalue weighted by molar-refractivity contribution is -0.145. The van der Waals surface area contributed by atoms with Crippen molar-refractivity contribution in [1.29, 1.82) is 0 Å². The number of likely N-dealkylation sites (tertiary alicyclic amines) is 1. The molecule has 27 heavy (non-hydrogen) atoms. The Balaban J connectivity index is 1.92. The van der Waals surface area contributed by atoms with Crippen LogP contribution in [0.4, 0.5) is 5.69 Å². The summed E-state index contributed by atoms with van der Waals surface area (Å²) >= 11 is 6.30. The number of halogens is 1. The van der Waals surface area contributed by atoms with Crippen LogP contribution in [0.5, 0.6) is 0 Å². The van der Waals surface area contributed by atoms with Gasteiger partial charge >= 0.3 is 0 Å². The third kappa shape index (κ3) is 2.20. The first-order valence-corrected chi connectivity index (χ1v) is 9.88. The Kier molecular flexibility index (Phi) is 4.13. The van der Waals surface area contributed by atoms with Crippen LogP contribution in [-0.4, -0.2) is 34.7 Å². The highest BCUT2D eigenvalue weighted by Crippen LogP contribution is 2.55. The molecule has 0 bridgehead atoms. The fourth-order valence-electron chi connectivity index (χ4n) is 4.94. The molecular formula is C20H24ClN3O3. The lowest BCUT2D eigenvalue weighted by Crippen LogP contribution is -2.54. The van der Waals surface area contributed by atoms with Crippen molar-refractivity contribution in [2.75, 3.05) is 5.32 Å². The fourth-order valence-corrected chi connectivity index (χ4v) is 5.16. The van der Waals surface area contributed by atoms with E-state index in [0.717, 1.165) is 0 Å². The number of nitrogens with one attached hydrogen (secondary N) is 2. The number of hydrogen-bond acceptors (Lipinski definition) is 4. The van der Waals surface area contributed by atoms with E-state index < -0.39 is 17.4 Å². The first kappa shape index (κ1) is 18.4. The average molecular weight is 390 g/mol. The van der Waals surface area contributed by atoms with E-state index in [1.807, 2.05) is 33.8 Å². The van der Waals surface area contributed by atoms with E-state index >= 15 is 0 Å². The van der Waals surface area contributed by atoms with Gasteiger partial charge in [0, 0.05) is 17.6 Å². The van der Waals surface area contributed by atoms with E-state index in [2.05, 4.69) is 10.6 Å². The van der Waals surface area contributed by atoms with E-state index in [1.165, 1.54) is 4.90 Å². The number of amides is 3. The second kappa shape index (κ2) is 6.04. The quantitative estimate of drug-likeness (QED) is 0.778. The highest BCUT2D eigenvalue weighted by molar-refractivity contribution is 6.35. The van der Waals surface area contributed by atoms with Crippen molar-refractivity contribution in [3.63, 3.8) is 0 Å². The molecule has 2 N–H and O–H groups in total. The number of imide groups is 1. The Morgan fingerprint density at radius 1 is 1.19 bits per heavy atom. The molecule has 3 aliphatic rings. The highest BCUT2D eigenvalue weighted by atomic mass is 35.5. The van der Waals surface area contributed by atoms with E-state index in [-0.39, 0.29) is 35.7 Å². The molecule has 3 aliphatic heterocycles. The van der Waals surface area contributed by atoms with Gasteiger partial charge in [-0.2, -0.15) is 0 Å². The highest BCUT2D eigenvalue weighted by Gasteiger charge is 2.71. The summed E-state index contributed by atoms with van der Waals surface area (Å²) in [5.74, 6) is -1.98. The molecule has 2 saturated heterocycles. The normalized spacial score (nSPS) is 33.0. The Hall–Kier alpha value is -1.92. The molecule has 6 nitrogen and oxygen atoms in total. The maximum Gasteiger partial charge on any atom is 0.250 e. The van der Waals surface area contributed by atoms with Gasteiger partial charge in [0.25, 0.3) is 0 Å². The van der Waals surface area contributed by atoms with Gasteiger partial charge in [-0.25, -0.2) is 0 Å². The van der Waals surface area contributed by atoms with Crippen LogP contribution in [0.1, 0.15) is 39.7 Å². The zero-order valence-corrected chi connectivity index (χ0v) is 16.6. The smallest absolute Gasteiger partial charge is 0.250 e. The van der Waals surface area contributed by atoms with Gasteiger partial charge in [0.2, 0.25) is 17.7 Å². The molecule has 5 atom stereocenters. The Bertz CT molecular complexity index is 855. The van der Waals surface area contributed by atoms with Crippen molar-refractivity contribution in [2.45, 2.75) is 51.7 Å². The number of fused-ring (bicyclic) bond motifs is 4. The van der Waals surface area contributed by atoms with Gasteiger partial charge < -0.3 is 5.32 Å². The zero-order valence-electron chi connectivity index (χ0n) is 15.9. The standard InChI is InChI=1S/C20H24ClN3O3/c1-5-10(4)24-17(25)13-14(18(24)26)20(23-15(13)9(2)3)11-7-6-8-12(21)16(11)22-19(20)27/h6-10,13-15,23H,5H2,1-4H3,(H,22,27)/t10-,13-,14-,15-,20-/m0/s1. The minimum atomic E-state index is -1.26. The summed E-state index contributed by atoms with van der Waals surface area (Å²) in [7, 11) is 0. The van der Waals surface area contributed by atoms with Gasteiger partial charge in [-0.1, -0.05) is 44.5 Å². The SMILES string of the molecule is CC[C@H](C)N1C(=O)[C@H]2[C@@H](C1=O)[C@]1(N[C@H]2C(C)C)C(=O)Nc2c(Cl)cccc21. The number of benzene rings is 1. The number of anilines is 1. The molecule has 2 fully saturated rings. The first-order chi connectivity index (χ1) is 12.8. The maximum atomic E-state index is 13.4. The van der Waals surface area contributed by atoms with Crippen LogP contribution in [0, 0.1) is 17.8 Å². The van der Waals surface area contributed by atoms with Crippen LogP contribution in [-0.2, 0) is 19.9 Å². The molecule has 0 radical (unpaired) electrons. The van der Waals surface area contributed by atoms with Gasteiger partial charge in [0.1, 0.15) is 5.54 Å². The molecule has 1 aromatic carbocycles. The molecule has 0 aromatic heterocycles. The Labute approximate surface area is 163 Å². The van der Waals surface area contributed by atoms with Crippen molar-refractivity contribution in [3.05, 3.63) is 28.8 Å². The molecule has 0 unspecified atom stereocenters. The second-order valence-corrected chi connectivity index (χ2v) is 8.55. The van der Waals surface area contributed by atoms with Crippen LogP contribution in [0.2, 0.25) is 5.02 Å². The van der Waals surface area contributed by atoms with Crippen molar-refractivity contribution in [3.8, 4) is 0 Å². The van der Waals surface area contributed by atoms with E-state index in [4.69, 9.17) is 11.6 Å². The lowest BCUT2D eigenvalue weighted by Gasteiger charge is -2.31.